The van der Waals surface area contributed by atoms with Crippen LogP contribution in [0.1, 0.15) is 23.2 Å². The maximum absolute atomic E-state index is 13.6. The molecule has 0 spiro atoms. The van der Waals surface area contributed by atoms with E-state index in [-0.39, 0.29) is 18.1 Å². The van der Waals surface area contributed by atoms with E-state index in [0.29, 0.717) is 11.5 Å². The molecule has 0 fully saturated rings. The van der Waals surface area contributed by atoms with Gasteiger partial charge in [-0.1, -0.05) is 18.2 Å². The van der Waals surface area contributed by atoms with E-state index in [1.54, 1.807) is 18.2 Å². The first-order valence-electron chi connectivity index (χ1n) is 8.66. The number of furan rings is 1. The Bertz CT molecular complexity index is 1000. The third kappa shape index (κ3) is 5.41. The maximum atomic E-state index is 13.6. The van der Waals surface area contributed by atoms with Crippen molar-refractivity contribution in [2.75, 3.05) is 5.32 Å². The lowest BCUT2D eigenvalue weighted by Gasteiger charge is -2.13. The molecule has 3 rings (SSSR count). The number of esters is 1. The smallest absolute Gasteiger partial charge is 0.375 e. The standard InChI is InChI=1S/C21H17F2NO5/c1-13(20(25)24-18-11-14(22)7-9-17(18)23)28-21(26)19-10-8-16(29-19)12-27-15-5-3-2-4-6-15/h2-11,13H,12H2,1H3,(H,24,25). The number of hydrogen-bond donors (Lipinski definition) is 1. The molecule has 1 atom stereocenters. The van der Waals surface area contributed by atoms with E-state index < -0.39 is 29.6 Å². The van der Waals surface area contributed by atoms with Crippen molar-refractivity contribution in [1.29, 1.82) is 0 Å². The van der Waals surface area contributed by atoms with Crippen molar-refractivity contribution < 1.29 is 32.3 Å². The molecule has 8 heteroatoms. The Morgan fingerprint density at radius 3 is 2.59 bits per heavy atom. The van der Waals surface area contributed by atoms with Gasteiger partial charge in [0, 0.05) is 6.07 Å². The van der Waals surface area contributed by atoms with Gasteiger partial charge in [-0.2, -0.15) is 0 Å². The highest BCUT2D eigenvalue weighted by atomic mass is 19.1. The van der Waals surface area contributed by atoms with Gasteiger partial charge in [-0.25, -0.2) is 13.6 Å². The second-order valence-electron chi connectivity index (χ2n) is 6.03. The summed E-state index contributed by atoms with van der Waals surface area (Å²) in [4.78, 5) is 24.2. The van der Waals surface area contributed by atoms with E-state index in [1.165, 1.54) is 13.0 Å². The summed E-state index contributed by atoms with van der Waals surface area (Å²) in [6.45, 7) is 1.40. The topological polar surface area (TPSA) is 77.8 Å². The molecule has 3 aromatic rings. The summed E-state index contributed by atoms with van der Waals surface area (Å²) in [7, 11) is 0. The van der Waals surface area contributed by atoms with Gasteiger partial charge in [0.1, 0.15) is 29.8 Å². The average molecular weight is 401 g/mol. The van der Waals surface area contributed by atoms with Crippen LogP contribution in [0.4, 0.5) is 14.5 Å². The quantitative estimate of drug-likeness (QED) is 0.597. The molecule has 0 aliphatic carbocycles. The van der Waals surface area contributed by atoms with Crippen molar-refractivity contribution in [3.8, 4) is 5.75 Å². The van der Waals surface area contributed by atoms with Crippen LogP contribution < -0.4 is 10.1 Å². The molecular formula is C21H17F2NO5. The lowest BCUT2D eigenvalue weighted by Crippen LogP contribution is -2.30. The highest BCUT2D eigenvalue weighted by molar-refractivity contribution is 5.96. The van der Waals surface area contributed by atoms with Crippen molar-refractivity contribution in [1.82, 2.24) is 0 Å². The molecule has 1 amide bonds. The molecule has 0 aliphatic heterocycles. The van der Waals surface area contributed by atoms with Crippen molar-refractivity contribution in [2.24, 2.45) is 0 Å². The first kappa shape index (κ1) is 20.1. The van der Waals surface area contributed by atoms with Crippen LogP contribution in [0.15, 0.2) is 65.1 Å². The number of anilines is 1. The molecule has 1 N–H and O–H groups in total. The highest BCUT2D eigenvalue weighted by Gasteiger charge is 2.22. The van der Waals surface area contributed by atoms with Crippen LogP contribution in [-0.2, 0) is 16.1 Å². The number of para-hydroxylation sites is 1. The van der Waals surface area contributed by atoms with Crippen LogP contribution >= 0.6 is 0 Å². The fraction of sp³-hybridized carbons (Fsp3) is 0.143. The fourth-order valence-corrected chi connectivity index (χ4v) is 2.34. The van der Waals surface area contributed by atoms with Crippen molar-refractivity contribution in [3.63, 3.8) is 0 Å². The van der Waals surface area contributed by atoms with Crippen molar-refractivity contribution in [2.45, 2.75) is 19.6 Å². The van der Waals surface area contributed by atoms with Gasteiger partial charge in [-0.15, -0.1) is 0 Å². The first-order valence-corrected chi connectivity index (χ1v) is 8.66. The van der Waals surface area contributed by atoms with Gasteiger partial charge in [0.15, 0.2) is 6.10 Å². The molecule has 0 aliphatic rings. The molecule has 1 heterocycles. The zero-order chi connectivity index (χ0) is 20.8. The van der Waals surface area contributed by atoms with Gasteiger partial charge in [-0.3, -0.25) is 4.79 Å². The Hall–Kier alpha value is -3.68. The zero-order valence-electron chi connectivity index (χ0n) is 15.4. The summed E-state index contributed by atoms with van der Waals surface area (Å²) in [5.74, 6) is -2.31. The second-order valence-corrected chi connectivity index (χ2v) is 6.03. The lowest BCUT2D eigenvalue weighted by molar-refractivity contribution is -0.123. The molecule has 150 valence electrons. The normalized spacial score (nSPS) is 11.6. The predicted octanol–water partition coefficient (Wildman–Crippen LogP) is 4.32. The Labute approximate surface area is 165 Å². The summed E-state index contributed by atoms with van der Waals surface area (Å²) in [5.41, 5.74) is -0.351. The monoisotopic (exact) mass is 401 g/mol. The summed E-state index contributed by atoms with van der Waals surface area (Å²) >= 11 is 0. The SMILES string of the molecule is CC(OC(=O)c1ccc(COc2ccccc2)o1)C(=O)Nc1cc(F)ccc1F. The number of rotatable bonds is 7. The van der Waals surface area contributed by atoms with Crippen LogP contribution in [0, 0.1) is 11.6 Å². The van der Waals surface area contributed by atoms with Crippen molar-refractivity contribution in [3.05, 3.63) is 83.8 Å². The summed E-state index contributed by atoms with van der Waals surface area (Å²) in [6, 6.07) is 14.6. The van der Waals surface area contributed by atoms with Gasteiger partial charge < -0.3 is 19.2 Å². The molecule has 0 bridgehead atoms. The van der Waals surface area contributed by atoms with Crippen LogP contribution in [0.2, 0.25) is 0 Å². The van der Waals surface area contributed by atoms with E-state index in [2.05, 4.69) is 5.32 Å². The number of carbonyl (C=O) groups is 2. The number of carbonyl (C=O) groups excluding carboxylic acids is 2. The minimum atomic E-state index is -1.26. The van der Waals surface area contributed by atoms with Crippen molar-refractivity contribution >= 4 is 17.6 Å². The van der Waals surface area contributed by atoms with Crippen LogP contribution in [0.3, 0.4) is 0 Å². The van der Waals surface area contributed by atoms with Crippen LogP contribution in [-0.4, -0.2) is 18.0 Å². The number of benzene rings is 2. The third-order valence-corrected chi connectivity index (χ3v) is 3.83. The predicted molar refractivity (Wildman–Crippen MR) is 99.3 cm³/mol. The van der Waals surface area contributed by atoms with E-state index in [0.717, 1.165) is 18.2 Å². The molecular weight excluding hydrogens is 384 g/mol. The first-order chi connectivity index (χ1) is 13.9. The molecule has 2 aromatic carbocycles. The van der Waals surface area contributed by atoms with Gasteiger partial charge in [0.2, 0.25) is 5.76 Å². The number of amides is 1. The number of hydrogen-bond acceptors (Lipinski definition) is 5. The van der Waals surface area contributed by atoms with Gasteiger partial charge in [0.05, 0.1) is 5.69 Å². The molecule has 0 saturated carbocycles. The van der Waals surface area contributed by atoms with Crippen LogP contribution in [0.25, 0.3) is 0 Å². The number of ether oxygens (including phenoxy) is 2. The van der Waals surface area contributed by atoms with E-state index in [9.17, 15) is 18.4 Å². The third-order valence-electron chi connectivity index (χ3n) is 3.83. The minimum absolute atomic E-state index is 0.103. The van der Waals surface area contributed by atoms with Crippen LogP contribution in [0.5, 0.6) is 5.75 Å². The van der Waals surface area contributed by atoms with Gasteiger partial charge >= 0.3 is 5.97 Å². The molecule has 0 saturated heterocycles. The Balaban J connectivity index is 1.54. The minimum Gasteiger partial charge on any atom is -0.486 e. The summed E-state index contributed by atoms with van der Waals surface area (Å²) in [5, 5.41) is 2.17. The Kier molecular flexibility index (Phi) is 6.23. The second kappa shape index (κ2) is 9.01. The Morgan fingerprint density at radius 2 is 1.83 bits per heavy atom. The lowest BCUT2D eigenvalue weighted by atomic mass is 10.2. The highest BCUT2D eigenvalue weighted by Crippen LogP contribution is 2.17. The molecule has 0 radical (unpaired) electrons. The maximum Gasteiger partial charge on any atom is 0.375 e. The molecule has 1 aromatic heterocycles. The van der Waals surface area contributed by atoms with E-state index in [4.69, 9.17) is 13.9 Å². The van der Waals surface area contributed by atoms with E-state index >= 15 is 0 Å². The largest absolute Gasteiger partial charge is 0.486 e. The fourth-order valence-electron chi connectivity index (χ4n) is 2.34. The summed E-state index contributed by atoms with van der Waals surface area (Å²) in [6.07, 6.45) is -1.26. The number of halogens is 2. The summed E-state index contributed by atoms with van der Waals surface area (Å²) < 4.78 is 42.7. The molecule has 29 heavy (non-hydrogen) atoms. The average Bonchev–Trinajstić information content (AvgIpc) is 3.19. The van der Waals surface area contributed by atoms with E-state index in [1.807, 2.05) is 18.2 Å². The molecule has 6 nitrogen and oxygen atoms in total. The Morgan fingerprint density at radius 1 is 1.07 bits per heavy atom. The number of nitrogens with one attached hydrogen (secondary N) is 1. The van der Waals surface area contributed by atoms with Gasteiger partial charge in [-0.05, 0) is 43.3 Å². The molecule has 1 unspecified atom stereocenters. The van der Waals surface area contributed by atoms with Gasteiger partial charge in [0.25, 0.3) is 5.91 Å². The zero-order valence-corrected chi connectivity index (χ0v) is 15.4.